The number of anilines is 2. The number of rotatable bonds is 8. The Morgan fingerprint density at radius 3 is 1.94 bits per heavy atom. The van der Waals surface area contributed by atoms with Crippen LogP contribution in [0.25, 0.3) is 0 Å². The Balaban J connectivity index is 1.40. The van der Waals surface area contributed by atoms with Crippen LogP contribution in [0.1, 0.15) is 37.8 Å². The minimum Gasteiger partial charge on any atom is -0.325 e. The van der Waals surface area contributed by atoms with Crippen molar-refractivity contribution in [1.29, 1.82) is 0 Å². The van der Waals surface area contributed by atoms with Gasteiger partial charge in [0.15, 0.2) is 0 Å². The summed E-state index contributed by atoms with van der Waals surface area (Å²) in [4.78, 5) is 29.1. The van der Waals surface area contributed by atoms with E-state index in [0.717, 1.165) is 49.5 Å². The van der Waals surface area contributed by atoms with Crippen LogP contribution in [0.15, 0.2) is 48.5 Å². The number of hydrogen-bond donors (Lipinski definition) is 2. The van der Waals surface area contributed by atoms with Crippen molar-refractivity contribution in [1.82, 2.24) is 9.80 Å². The third kappa shape index (κ3) is 6.91. The van der Waals surface area contributed by atoms with E-state index >= 15 is 0 Å². The SMILES string of the molecule is CCc1ccccc1NC(=O)CN1CCN(CC(=O)Nc2ccc(C(C)C)cc2)CC1. The Hall–Kier alpha value is -2.70. The van der Waals surface area contributed by atoms with Gasteiger partial charge in [-0.25, -0.2) is 0 Å². The number of para-hydroxylation sites is 1. The number of nitrogens with zero attached hydrogens (tertiary/aromatic N) is 2. The van der Waals surface area contributed by atoms with Crippen LogP contribution in [-0.2, 0) is 16.0 Å². The zero-order valence-electron chi connectivity index (χ0n) is 18.9. The van der Waals surface area contributed by atoms with Crippen molar-refractivity contribution in [2.45, 2.75) is 33.1 Å². The molecular weight excluding hydrogens is 388 g/mol. The topological polar surface area (TPSA) is 64.7 Å². The van der Waals surface area contributed by atoms with Crippen LogP contribution in [0.3, 0.4) is 0 Å². The molecule has 0 aliphatic carbocycles. The molecular formula is C25H34N4O2. The monoisotopic (exact) mass is 422 g/mol. The van der Waals surface area contributed by atoms with E-state index < -0.39 is 0 Å². The van der Waals surface area contributed by atoms with Crippen molar-refractivity contribution >= 4 is 23.2 Å². The number of carbonyl (C=O) groups excluding carboxylic acids is 2. The van der Waals surface area contributed by atoms with Gasteiger partial charge in [-0.2, -0.15) is 0 Å². The Labute approximate surface area is 185 Å². The van der Waals surface area contributed by atoms with Gasteiger partial charge in [0.2, 0.25) is 11.8 Å². The summed E-state index contributed by atoms with van der Waals surface area (Å²) < 4.78 is 0. The predicted molar refractivity (Wildman–Crippen MR) is 126 cm³/mol. The lowest BCUT2D eigenvalue weighted by Crippen LogP contribution is -2.50. The van der Waals surface area contributed by atoms with E-state index in [1.165, 1.54) is 5.56 Å². The van der Waals surface area contributed by atoms with Crippen molar-refractivity contribution in [3.8, 4) is 0 Å². The molecule has 166 valence electrons. The summed E-state index contributed by atoms with van der Waals surface area (Å²) in [5, 5.41) is 6.01. The summed E-state index contributed by atoms with van der Waals surface area (Å²) in [7, 11) is 0. The van der Waals surface area contributed by atoms with E-state index in [0.29, 0.717) is 19.0 Å². The minimum absolute atomic E-state index is 0.000312. The van der Waals surface area contributed by atoms with Crippen molar-refractivity contribution in [3.05, 3.63) is 59.7 Å². The van der Waals surface area contributed by atoms with E-state index in [2.05, 4.69) is 53.3 Å². The molecule has 2 N–H and O–H groups in total. The summed E-state index contributed by atoms with van der Waals surface area (Å²) in [6, 6.07) is 16.0. The van der Waals surface area contributed by atoms with Crippen molar-refractivity contribution in [2.24, 2.45) is 0 Å². The Kier molecular flexibility index (Phi) is 8.20. The molecule has 6 nitrogen and oxygen atoms in total. The summed E-state index contributed by atoms with van der Waals surface area (Å²) in [5.74, 6) is 0.487. The second-order valence-corrected chi connectivity index (χ2v) is 8.44. The molecule has 1 fully saturated rings. The van der Waals surface area contributed by atoms with E-state index in [-0.39, 0.29) is 11.8 Å². The first kappa shape index (κ1) is 23.0. The van der Waals surface area contributed by atoms with Gasteiger partial charge in [-0.15, -0.1) is 0 Å². The lowest BCUT2D eigenvalue weighted by Gasteiger charge is -2.33. The number of nitrogens with one attached hydrogen (secondary N) is 2. The lowest BCUT2D eigenvalue weighted by atomic mass is 10.0. The molecule has 0 saturated carbocycles. The van der Waals surface area contributed by atoms with Crippen molar-refractivity contribution in [3.63, 3.8) is 0 Å². The molecule has 1 heterocycles. The zero-order valence-corrected chi connectivity index (χ0v) is 18.9. The minimum atomic E-state index is -0.000312. The van der Waals surface area contributed by atoms with Gasteiger partial charge in [-0.05, 0) is 41.7 Å². The van der Waals surface area contributed by atoms with Crippen LogP contribution in [0.5, 0.6) is 0 Å². The average Bonchev–Trinajstić information content (AvgIpc) is 2.76. The first-order chi connectivity index (χ1) is 14.9. The van der Waals surface area contributed by atoms with E-state index in [9.17, 15) is 9.59 Å². The van der Waals surface area contributed by atoms with Crippen LogP contribution in [-0.4, -0.2) is 60.9 Å². The molecule has 0 radical (unpaired) electrons. The third-order valence-corrected chi connectivity index (χ3v) is 5.73. The maximum absolute atomic E-state index is 12.4. The fraction of sp³-hybridized carbons (Fsp3) is 0.440. The van der Waals surface area contributed by atoms with E-state index in [1.54, 1.807) is 0 Å². The number of carbonyl (C=O) groups is 2. The predicted octanol–water partition coefficient (Wildman–Crippen LogP) is 3.57. The maximum atomic E-state index is 12.4. The first-order valence-corrected chi connectivity index (χ1v) is 11.2. The summed E-state index contributed by atoms with van der Waals surface area (Å²) in [6.07, 6.45) is 0.888. The highest BCUT2D eigenvalue weighted by molar-refractivity contribution is 5.93. The van der Waals surface area contributed by atoms with Crippen LogP contribution >= 0.6 is 0 Å². The normalized spacial score (nSPS) is 15.1. The molecule has 0 unspecified atom stereocenters. The molecule has 0 atom stereocenters. The smallest absolute Gasteiger partial charge is 0.238 e. The lowest BCUT2D eigenvalue weighted by molar-refractivity contribution is -0.120. The molecule has 1 aliphatic rings. The van der Waals surface area contributed by atoms with Gasteiger partial charge in [0.25, 0.3) is 0 Å². The van der Waals surface area contributed by atoms with E-state index in [1.807, 2.05) is 36.4 Å². The van der Waals surface area contributed by atoms with Crippen LogP contribution in [0, 0.1) is 0 Å². The fourth-order valence-electron chi connectivity index (χ4n) is 3.80. The van der Waals surface area contributed by atoms with E-state index in [4.69, 9.17) is 0 Å². The van der Waals surface area contributed by atoms with Gasteiger partial charge >= 0.3 is 0 Å². The fourth-order valence-corrected chi connectivity index (χ4v) is 3.80. The van der Waals surface area contributed by atoms with Crippen LogP contribution in [0.4, 0.5) is 11.4 Å². The molecule has 0 bridgehead atoms. The Morgan fingerprint density at radius 1 is 0.839 bits per heavy atom. The van der Waals surface area contributed by atoms with Gasteiger partial charge < -0.3 is 10.6 Å². The molecule has 1 saturated heterocycles. The highest BCUT2D eigenvalue weighted by Crippen LogP contribution is 2.17. The molecule has 2 amide bonds. The first-order valence-electron chi connectivity index (χ1n) is 11.2. The Bertz CT molecular complexity index is 871. The van der Waals surface area contributed by atoms with Gasteiger partial charge in [-0.3, -0.25) is 19.4 Å². The van der Waals surface area contributed by atoms with Crippen LogP contribution < -0.4 is 10.6 Å². The third-order valence-electron chi connectivity index (χ3n) is 5.73. The van der Waals surface area contributed by atoms with Gasteiger partial charge in [0.1, 0.15) is 0 Å². The molecule has 0 spiro atoms. The van der Waals surface area contributed by atoms with Gasteiger partial charge in [0, 0.05) is 37.6 Å². The summed E-state index contributed by atoms with van der Waals surface area (Å²) in [6.45, 7) is 10.2. The molecule has 6 heteroatoms. The molecule has 2 aromatic rings. The highest BCUT2D eigenvalue weighted by atomic mass is 16.2. The van der Waals surface area contributed by atoms with Crippen molar-refractivity contribution < 1.29 is 9.59 Å². The summed E-state index contributed by atoms with van der Waals surface area (Å²) >= 11 is 0. The number of amides is 2. The molecule has 1 aliphatic heterocycles. The largest absolute Gasteiger partial charge is 0.325 e. The number of aryl methyl sites for hydroxylation is 1. The molecule has 0 aromatic heterocycles. The quantitative estimate of drug-likeness (QED) is 0.683. The average molecular weight is 423 g/mol. The Morgan fingerprint density at radius 2 is 1.39 bits per heavy atom. The van der Waals surface area contributed by atoms with Crippen LogP contribution in [0.2, 0.25) is 0 Å². The molecule has 3 rings (SSSR count). The second kappa shape index (κ2) is 11.1. The standard InChI is InChI=1S/C25H34N4O2/c1-4-20-7-5-6-8-23(20)27-25(31)18-29-15-13-28(14-16-29)17-24(30)26-22-11-9-21(10-12-22)19(2)3/h5-12,19H,4,13-18H2,1-3H3,(H,26,30)(H,27,31). The number of piperazine rings is 1. The molecule has 31 heavy (non-hydrogen) atoms. The highest BCUT2D eigenvalue weighted by Gasteiger charge is 2.21. The summed E-state index contributed by atoms with van der Waals surface area (Å²) in [5.41, 5.74) is 4.13. The second-order valence-electron chi connectivity index (χ2n) is 8.44. The van der Waals surface area contributed by atoms with Gasteiger partial charge in [-0.1, -0.05) is 51.1 Å². The number of benzene rings is 2. The van der Waals surface area contributed by atoms with Crippen molar-refractivity contribution in [2.75, 3.05) is 49.9 Å². The molecule has 2 aromatic carbocycles. The maximum Gasteiger partial charge on any atom is 0.238 e. The zero-order chi connectivity index (χ0) is 22.2. The van der Waals surface area contributed by atoms with Gasteiger partial charge in [0.05, 0.1) is 13.1 Å². The number of hydrogen-bond acceptors (Lipinski definition) is 4.